The molecule has 3 rings (SSSR count). The number of halogens is 4. The molecule has 0 aliphatic heterocycles. The van der Waals surface area contributed by atoms with Crippen LogP contribution in [0.2, 0.25) is 15.1 Å². The van der Waals surface area contributed by atoms with Gasteiger partial charge < -0.3 is 10.2 Å². The van der Waals surface area contributed by atoms with Crippen molar-refractivity contribution in [2.75, 3.05) is 17.1 Å². The van der Waals surface area contributed by atoms with Gasteiger partial charge in [-0.2, -0.15) is 0 Å². The summed E-state index contributed by atoms with van der Waals surface area (Å²) in [6.07, 6.45) is 1.75. The van der Waals surface area contributed by atoms with E-state index in [2.05, 4.69) is 5.32 Å². The molecule has 0 aliphatic carbocycles. The number of nitrogens with one attached hydrogen (secondary N) is 1. The van der Waals surface area contributed by atoms with Gasteiger partial charge in [-0.25, -0.2) is 12.8 Å². The molecule has 0 bridgehead atoms. The summed E-state index contributed by atoms with van der Waals surface area (Å²) >= 11 is 18.5. The molecule has 12 heteroatoms. The lowest BCUT2D eigenvalue weighted by molar-refractivity contribution is -0.140. The van der Waals surface area contributed by atoms with E-state index in [9.17, 15) is 22.4 Å². The number of hydrogen-bond acceptors (Lipinski definition) is 4. The Morgan fingerprint density at radius 2 is 1.54 bits per heavy atom. The fourth-order valence-corrected chi connectivity index (χ4v) is 5.63. The highest BCUT2D eigenvalue weighted by Crippen LogP contribution is 2.35. The number of amides is 2. The second kappa shape index (κ2) is 14.4. The van der Waals surface area contributed by atoms with E-state index in [1.165, 1.54) is 41.3 Å². The summed E-state index contributed by atoms with van der Waals surface area (Å²) in [5.41, 5.74) is 1.30. The van der Waals surface area contributed by atoms with Gasteiger partial charge >= 0.3 is 0 Å². The Labute approximate surface area is 255 Å². The van der Waals surface area contributed by atoms with Gasteiger partial charge in [-0.15, -0.1) is 0 Å². The SMILES string of the molecule is CC[C@H](C)NC(=O)[C@@H](Cc1ccccc1)N(Cc1ccc(F)cc1)C(=O)CN(c1cc(Cl)c(Cl)cc1Cl)S(C)(=O)=O. The molecule has 3 aromatic carbocycles. The van der Waals surface area contributed by atoms with Gasteiger partial charge in [0.25, 0.3) is 0 Å². The minimum absolute atomic E-state index is 0.0296. The third-order valence-electron chi connectivity index (χ3n) is 6.48. The zero-order valence-electron chi connectivity index (χ0n) is 22.8. The molecule has 0 spiro atoms. The molecule has 0 aromatic heterocycles. The van der Waals surface area contributed by atoms with Gasteiger partial charge in [0, 0.05) is 19.0 Å². The fourth-order valence-electron chi connectivity index (χ4n) is 4.08. The van der Waals surface area contributed by atoms with Crippen LogP contribution in [-0.4, -0.2) is 50.0 Å². The van der Waals surface area contributed by atoms with Crippen molar-refractivity contribution in [3.8, 4) is 0 Å². The smallest absolute Gasteiger partial charge is 0.244 e. The summed E-state index contributed by atoms with van der Waals surface area (Å²) in [6, 6.07) is 16.0. The Morgan fingerprint density at radius 3 is 2.12 bits per heavy atom. The molecule has 0 saturated heterocycles. The number of sulfonamides is 1. The Hall–Kier alpha value is -2.85. The quantitative estimate of drug-likeness (QED) is 0.242. The summed E-state index contributed by atoms with van der Waals surface area (Å²) < 4.78 is 40.3. The van der Waals surface area contributed by atoms with Crippen LogP contribution in [0.1, 0.15) is 31.4 Å². The standard InChI is InChI=1S/C29H31Cl3FN3O4S/c1-4-19(2)34-29(38)27(14-20-8-6-5-7-9-20)35(17-21-10-12-22(33)13-11-21)28(37)18-36(41(3,39)40)26-16-24(31)23(30)15-25(26)32/h5-13,15-16,19,27H,4,14,17-18H2,1-3H3,(H,34,38)/t19-,27+/m0/s1. The van der Waals surface area contributed by atoms with Gasteiger partial charge in [0.15, 0.2) is 0 Å². The van der Waals surface area contributed by atoms with Crippen LogP contribution < -0.4 is 9.62 Å². The lowest BCUT2D eigenvalue weighted by Crippen LogP contribution is -2.54. The lowest BCUT2D eigenvalue weighted by Gasteiger charge is -2.34. The van der Waals surface area contributed by atoms with E-state index in [1.807, 2.05) is 44.2 Å². The van der Waals surface area contributed by atoms with Gasteiger partial charge in [-0.05, 0) is 48.7 Å². The highest BCUT2D eigenvalue weighted by Gasteiger charge is 2.34. The molecule has 3 aromatic rings. The Morgan fingerprint density at radius 1 is 0.927 bits per heavy atom. The van der Waals surface area contributed by atoms with Crippen LogP contribution in [0.4, 0.5) is 10.1 Å². The summed E-state index contributed by atoms with van der Waals surface area (Å²) in [7, 11) is -4.06. The zero-order valence-corrected chi connectivity index (χ0v) is 25.9. The third kappa shape index (κ3) is 9.07. The van der Waals surface area contributed by atoms with E-state index >= 15 is 0 Å². The van der Waals surface area contributed by atoms with Gasteiger partial charge in [0.1, 0.15) is 18.4 Å². The number of rotatable bonds is 12. The molecule has 220 valence electrons. The molecule has 0 saturated carbocycles. The highest BCUT2D eigenvalue weighted by molar-refractivity contribution is 7.92. The molecular formula is C29H31Cl3FN3O4S. The van der Waals surface area contributed by atoms with E-state index in [4.69, 9.17) is 34.8 Å². The highest BCUT2D eigenvalue weighted by atomic mass is 35.5. The topological polar surface area (TPSA) is 86.8 Å². The minimum atomic E-state index is -4.06. The molecule has 0 heterocycles. The van der Waals surface area contributed by atoms with Gasteiger partial charge in [-0.1, -0.05) is 84.2 Å². The zero-order chi connectivity index (χ0) is 30.3. The molecule has 0 fully saturated rings. The number of nitrogens with zero attached hydrogens (tertiary/aromatic N) is 2. The van der Waals surface area contributed by atoms with Crippen molar-refractivity contribution in [1.82, 2.24) is 10.2 Å². The molecule has 0 unspecified atom stereocenters. The molecule has 2 amide bonds. The van der Waals surface area contributed by atoms with Crippen molar-refractivity contribution < 1.29 is 22.4 Å². The van der Waals surface area contributed by atoms with Crippen LogP contribution in [0.3, 0.4) is 0 Å². The predicted molar refractivity (Wildman–Crippen MR) is 162 cm³/mol. The van der Waals surface area contributed by atoms with Crippen molar-refractivity contribution in [2.45, 2.75) is 45.3 Å². The summed E-state index contributed by atoms with van der Waals surface area (Å²) in [6.45, 7) is 3.00. The van der Waals surface area contributed by atoms with Crippen LogP contribution in [0, 0.1) is 5.82 Å². The first kappa shape index (κ1) is 32.7. The number of hydrogen-bond donors (Lipinski definition) is 1. The van der Waals surface area contributed by atoms with Crippen LogP contribution >= 0.6 is 34.8 Å². The van der Waals surface area contributed by atoms with E-state index < -0.39 is 40.2 Å². The summed E-state index contributed by atoms with van der Waals surface area (Å²) in [5.74, 6) is -1.54. The first-order valence-electron chi connectivity index (χ1n) is 12.8. The molecular weight excluding hydrogens is 612 g/mol. The maximum absolute atomic E-state index is 14.1. The molecule has 0 radical (unpaired) electrons. The van der Waals surface area contributed by atoms with Crippen LogP contribution in [0.5, 0.6) is 0 Å². The molecule has 1 N–H and O–H groups in total. The predicted octanol–water partition coefficient (Wildman–Crippen LogP) is 6.11. The van der Waals surface area contributed by atoms with Crippen molar-refractivity contribution in [3.63, 3.8) is 0 Å². The second-order valence-corrected chi connectivity index (χ2v) is 12.8. The summed E-state index contributed by atoms with van der Waals surface area (Å²) in [5, 5.41) is 3.07. The largest absolute Gasteiger partial charge is 0.352 e. The first-order valence-corrected chi connectivity index (χ1v) is 15.8. The molecule has 2 atom stereocenters. The maximum atomic E-state index is 14.1. The molecule has 41 heavy (non-hydrogen) atoms. The van der Waals surface area contributed by atoms with Crippen molar-refractivity contribution in [2.24, 2.45) is 0 Å². The van der Waals surface area contributed by atoms with Gasteiger partial charge in [0.05, 0.1) is 27.0 Å². The summed E-state index contributed by atoms with van der Waals surface area (Å²) in [4.78, 5) is 29.0. The first-order chi connectivity index (χ1) is 19.3. The Bertz CT molecular complexity index is 1470. The fraction of sp³-hybridized carbons (Fsp3) is 0.310. The molecule has 7 nitrogen and oxygen atoms in total. The van der Waals surface area contributed by atoms with Gasteiger partial charge in [-0.3, -0.25) is 13.9 Å². The number of carbonyl (C=O) groups is 2. The average molecular weight is 643 g/mol. The number of benzene rings is 3. The van der Waals surface area contributed by atoms with E-state index in [0.29, 0.717) is 12.0 Å². The van der Waals surface area contributed by atoms with E-state index in [-0.39, 0.29) is 39.8 Å². The minimum Gasteiger partial charge on any atom is -0.352 e. The third-order valence-corrected chi connectivity index (χ3v) is 8.63. The molecule has 0 aliphatic rings. The van der Waals surface area contributed by atoms with Crippen molar-refractivity contribution in [3.05, 3.63) is 98.7 Å². The monoisotopic (exact) mass is 641 g/mol. The normalized spacial score (nSPS) is 12.9. The Balaban J connectivity index is 2.09. The average Bonchev–Trinajstić information content (AvgIpc) is 2.92. The van der Waals surface area contributed by atoms with Crippen molar-refractivity contribution in [1.29, 1.82) is 0 Å². The van der Waals surface area contributed by atoms with Crippen LogP contribution in [0.15, 0.2) is 66.7 Å². The Kier molecular flexibility index (Phi) is 11.4. The van der Waals surface area contributed by atoms with Gasteiger partial charge in [0.2, 0.25) is 21.8 Å². The van der Waals surface area contributed by atoms with E-state index in [0.717, 1.165) is 16.1 Å². The van der Waals surface area contributed by atoms with Crippen LogP contribution in [0.25, 0.3) is 0 Å². The van der Waals surface area contributed by atoms with Crippen molar-refractivity contribution >= 4 is 62.3 Å². The lowest BCUT2D eigenvalue weighted by atomic mass is 10.0. The number of carbonyl (C=O) groups excluding carboxylic acids is 2. The van der Waals surface area contributed by atoms with E-state index in [1.54, 1.807) is 0 Å². The second-order valence-electron chi connectivity index (χ2n) is 9.66. The number of anilines is 1. The maximum Gasteiger partial charge on any atom is 0.244 e. The van der Waals surface area contributed by atoms with Crippen LogP contribution in [-0.2, 0) is 32.6 Å².